The van der Waals surface area contributed by atoms with E-state index in [1.807, 2.05) is 0 Å². The van der Waals surface area contributed by atoms with E-state index in [1.54, 1.807) is 38.1 Å². The Bertz CT molecular complexity index is 1020. The Labute approximate surface area is 202 Å². The van der Waals surface area contributed by atoms with Crippen molar-refractivity contribution in [2.75, 3.05) is 32.8 Å². The van der Waals surface area contributed by atoms with Crippen molar-refractivity contribution in [3.8, 4) is 23.0 Å². The van der Waals surface area contributed by atoms with Crippen LogP contribution in [0.5, 0.6) is 23.0 Å². The highest BCUT2D eigenvalue weighted by Crippen LogP contribution is 2.42. The number of anilines is 1. The summed E-state index contributed by atoms with van der Waals surface area (Å²) in [5.41, 5.74) is 0.348. The van der Waals surface area contributed by atoms with Gasteiger partial charge in [0.25, 0.3) is 5.91 Å². The molecule has 1 atom stereocenters. The first-order valence-electron chi connectivity index (χ1n) is 9.99. The van der Waals surface area contributed by atoms with Gasteiger partial charge < -0.3 is 24.3 Å². The molecule has 0 aliphatic rings. The van der Waals surface area contributed by atoms with Gasteiger partial charge in [0, 0.05) is 17.2 Å². The van der Waals surface area contributed by atoms with Crippen LogP contribution in [0.25, 0.3) is 0 Å². The third-order valence-electron chi connectivity index (χ3n) is 4.27. The Hall–Kier alpha value is -3.04. The van der Waals surface area contributed by atoms with Gasteiger partial charge in [-0.15, -0.1) is 5.11 Å². The number of ketones is 1. The molecule has 2 rings (SSSR count). The maximum Gasteiger partial charge on any atom is 0.258 e. The van der Waals surface area contributed by atoms with Crippen molar-refractivity contribution >= 4 is 46.3 Å². The summed E-state index contributed by atoms with van der Waals surface area (Å²) in [5, 5.41) is 11.2. The fraction of sp³-hybridized carbons (Fsp3) is 0.364. The molecule has 1 N–H and O–H groups in total. The lowest BCUT2D eigenvalue weighted by molar-refractivity contribution is -0.126. The average Bonchev–Trinajstić information content (AvgIpc) is 2.76. The molecule has 0 fully saturated rings. The van der Waals surface area contributed by atoms with Gasteiger partial charge in [-0.3, -0.25) is 9.59 Å². The van der Waals surface area contributed by atoms with Gasteiger partial charge in [-0.1, -0.05) is 23.2 Å². The number of hydrogen-bond donors (Lipinski definition) is 1. The number of nitrogens with zero attached hydrogens (tertiary/aromatic N) is 2. The van der Waals surface area contributed by atoms with Crippen LogP contribution in [0.3, 0.4) is 0 Å². The largest absolute Gasteiger partial charge is 0.495 e. The van der Waals surface area contributed by atoms with E-state index < -0.39 is 17.7 Å². The summed E-state index contributed by atoms with van der Waals surface area (Å²) in [6.45, 7) is 5.47. The summed E-state index contributed by atoms with van der Waals surface area (Å²) in [4.78, 5) is 25.2. The predicted molar refractivity (Wildman–Crippen MR) is 126 cm³/mol. The van der Waals surface area contributed by atoms with Crippen LogP contribution in [0.1, 0.15) is 20.8 Å². The molecule has 2 aromatic carbocycles. The Morgan fingerprint density at radius 1 is 0.970 bits per heavy atom. The molecule has 33 heavy (non-hydrogen) atoms. The number of benzene rings is 2. The molecule has 0 bridgehead atoms. The topological polar surface area (TPSA) is 108 Å². The quantitative estimate of drug-likeness (QED) is 0.324. The van der Waals surface area contributed by atoms with Crippen LogP contribution < -0.4 is 24.3 Å². The number of carbonyl (C=O) groups excluding carboxylic acids is 2. The van der Waals surface area contributed by atoms with Crippen LogP contribution in [0, 0.1) is 0 Å². The molecule has 2 aromatic rings. The molecule has 0 aromatic heterocycles. The van der Waals surface area contributed by atoms with E-state index in [4.69, 9.17) is 42.1 Å². The number of rotatable bonds is 11. The number of azo groups is 1. The minimum Gasteiger partial charge on any atom is -0.495 e. The second-order valence-corrected chi connectivity index (χ2v) is 7.31. The van der Waals surface area contributed by atoms with Crippen molar-refractivity contribution in [3.63, 3.8) is 0 Å². The Kier molecular flexibility index (Phi) is 9.74. The molecular formula is C22H25Cl2N3O6. The maximum absolute atomic E-state index is 12.9. The monoisotopic (exact) mass is 497 g/mol. The van der Waals surface area contributed by atoms with E-state index in [9.17, 15) is 9.59 Å². The Morgan fingerprint density at radius 2 is 1.52 bits per heavy atom. The highest BCUT2D eigenvalue weighted by molar-refractivity contribution is 6.36. The summed E-state index contributed by atoms with van der Waals surface area (Å²) in [6, 6.07) is 4.78. The predicted octanol–water partition coefficient (Wildman–Crippen LogP) is 5.49. The molecule has 0 heterocycles. The number of methoxy groups -OCH3 is 2. The highest BCUT2D eigenvalue weighted by Gasteiger charge is 2.26. The summed E-state index contributed by atoms with van der Waals surface area (Å²) in [5.74, 6) is -0.0976. The van der Waals surface area contributed by atoms with E-state index >= 15 is 0 Å². The maximum atomic E-state index is 12.9. The third kappa shape index (κ3) is 6.49. The first-order valence-corrected chi connectivity index (χ1v) is 10.7. The number of hydrogen-bond acceptors (Lipinski definition) is 8. The minimum atomic E-state index is -1.48. The third-order valence-corrected chi connectivity index (χ3v) is 4.86. The Morgan fingerprint density at radius 3 is 2.00 bits per heavy atom. The standard InChI is InChI=1S/C22H25Cl2N3O6/c1-6-32-16-10-13(23)11-17(33-7-2)20(16)27-26-19(12(3)28)22(29)25-21-15(31-5)9-8-14(30-4)18(21)24/h8-11,19H,6-7H2,1-5H3,(H,25,29). The van der Waals surface area contributed by atoms with Gasteiger partial charge in [-0.05, 0) is 32.9 Å². The molecule has 11 heteroatoms. The molecule has 0 spiro atoms. The molecule has 9 nitrogen and oxygen atoms in total. The van der Waals surface area contributed by atoms with Crippen LogP contribution in [0.15, 0.2) is 34.5 Å². The van der Waals surface area contributed by atoms with Gasteiger partial charge in [0.15, 0.2) is 23.0 Å². The lowest BCUT2D eigenvalue weighted by atomic mass is 10.2. The van der Waals surface area contributed by atoms with Crippen molar-refractivity contribution in [1.82, 2.24) is 0 Å². The lowest BCUT2D eigenvalue weighted by Crippen LogP contribution is -2.32. The summed E-state index contributed by atoms with van der Waals surface area (Å²) in [6.07, 6.45) is 0. The van der Waals surface area contributed by atoms with Gasteiger partial charge in [0.2, 0.25) is 6.04 Å². The molecule has 0 saturated heterocycles. The molecule has 0 radical (unpaired) electrons. The van der Waals surface area contributed by atoms with Crippen LogP contribution >= 0.6 is 23.2 Å². The second kappa shape index (κ2) is 12.3. The van der Waals surface area contributed by atoms with Gasteiger partial charge in [0.1, 0.15) is 22.2 Å². The van der Waals surface area contributed by atoms with Gasteiger partial charge in [-0.2, -0.15) is 5.11 Å². The number of Topliss-reactive ketones (excluding diaryl/α,β-unsaturated/α-hetero) is 1. The summed E-state index contributed by atoms with van der Waals surface area (Å²) in [7, 11) is 2.85. The van der Waals surface area contributed by atoms with Crippen LogP contribution in [0.4, 0.5) is 11.4 Å². The average molecular weight is 498 g/mol. The zero-order chi connectivity index (χ0) is 24.5. The molecule has 0 saturated carbocycles. The zero-order valence-electron chi connectivity index (χ0n) is 18.9. The highest BCUT2D eigenvalue weighted by atomic mass is 35.5. The first-order chi connectivity index (χ1) is 15.8. The van der Waals surface area contributed by atoms with Crippen LogP contribution in [0.2, 0.25) is 10.0 Å². The van der Waals surface area contributed by atoms with Crippen molar-refractivity contribution < 1.29 is 28.5 Å². The number of amides is 1. The fourth-order valence-corrected chi connectivity index (χ4v) is 3.27. The van der Waals surface area contributed by atoms with E-state index in [2.05, 4.69) is 15.5 Å². The normalized spacial score (nSPS) is 11.7. The SMILES string of the molecule is CCOc1cc(Cl)cc(OCC)c1N=NC(C(C)=O)C(=O)Nc1c(OC)ccc(OC)c1Cl. The van der Waals surface area contributed by atoms with Crippen molar-refractivity contribution in [3.05, 3.63) is 34.3 Å². The van der Waals surface area contributed by atoms with Crippen molar-refractivity contribution in [2.24, 2.45) is 10.2 Å². The molecule has 1 amide bonds. The number of nitrogens with one attached hydrogen (secondary N) is 1. The second-order valence-electron chi connectivity index (χ2n) is 6.49. The number of carbonyl (C=O) groups is 2. The zero-order valence-corrected chi connectivity index (χ0v) is 20.4. The van der Waals surface area contributed by atoms with E-state index in [0.29, 0.717) is 35.5 Å². The summed E-state index contributed by atoms with van der Waals surface area (Å²) < 4.78 is 21.6. The number of halogens is 2. The van der Waals surface area contributed by atoms with Crippen LogP contribution in [-0.4, -0.2) is 45.2 Å². The molecule has 1 unspecified atom stereocenters. The Balaban J connectivity index is 2.44. The van der Waals surface area contributed by atoms with E-state index in [0.717, 1.165) is 0 Å². The summed E-state index contributed by atoms with van der Waals surface area (Å²) >= 11 is 12.4. The van der Waals surface area contributed by atoms with Gasteiger partial charge in [-0.25, -0.2) is 0 Å². The van der Waals surface area contributed by atoms with E-state index in [1.165, 1.54) is 21.1 Å². The lowest BCUT2D eigenvalue weighted by Gasteiger charge is -2.16. The fourth-order valence-electron chi connectivity index (χ4n) is 2.79. The van der Waals surface area contributed by atoms with Crippen molar-refractivity contribution in [2.45, 2.75) is 26.8 Å². The number of ether oxygens (including phenoxy) is 4. The van der Waals surface area contributed by atoms with E-state index in [-0.39, 0.29) is 22.1 Å². The first kappa shape index (κ1) is 26.2. The molecule has 0 aliphatic carbocycles. The van der Waals surface area contributed by atoms with Crippen molar-refractivity contribution in [1.29, 1.82) is 0 Å². The minimum absolute atomic E-state index is 0.111. The molecular weight excluding hydrogens is 473 g/mol. The molecule has 0 aliphatic heterocycles. The molecule has 178 valence electrons. The van der Waals surface area contributed by atoms with Crippen LogP contribution in [-0.2, 0) is 9.59 Å². The smallest absolute Gasteiger partial charge is 0.258 e. The van der Waals surface area contributed by atoms with Gasteiger partial charge in [0.05, 0.1) is 27.4 Å². The van der Waals surface area contributed by atoms with Gasteiger partial charge >= 0.3 is 0 Å².